The Kier molecular flexibility index (Phi) is 4.45. The molecule has 106 valence electrons. The van der Waals surface area contributed by atoms with Crippen molar-refractivity contribution in [3.63, 3.8) is 0 Å². The van der Waals surface area contributed by atoms with Crippen LogP contribution in [-0.4, -0.2) is 15.6 Å². The zero-order valence-corrected chi connectivity index (χ0v) is 11.8. The number of unbranched alkanes of at least 4 members (excludes halogenated alkanes) is 1. The third-order valence-electron chi connectivity index (χ3n) is 3.13. The van der Waals surface area contributed by atoms with Crippen molar-refractivity contribution >= 4 is 34.5 Å². The summed E-state index contributed by atoms with van der Waals surface area (Å²) in [5.41, 5.74) is 0.968. The SMILES string of the molecule is CCCCn1c(Cl)c(/C=C/C(=O)O)c2cccc(F)c21. The zero-order valence-electron chi connectivity index (χ0n) is 11.1. The van der Waals surface area contributed by atoms with Gasteiger partial charge in [0.05, 0.1) is 5.52 Å². The van der Waals surface area contributed by atoms with E-state index in [1.807, 2.05) is 6.92 Å². The molecular formula is C15H15ClFNO2. The lowest BCUT2D eigenvalue weighted by molar-refractivity contribution is -0.131. The molecule has 0 aliphatic carbocycles. The maximum atomic E-state index is 14.0. The molecule has 0 radical (unpaired) electrons. The maximum Gasteiger partial charge on any atom is 0.328 e. The van der Waals surface area contributed by atoms with Crippen molar-refractivity contribution in [3.05, 3.63) is 40.8 Å². The highest BCUT2D eigenvalue weighted by Gasteiger charge is 2.16. The number of rotatable bonds is 5. The lowest BCUT2D eigenvalue weighted by Crippen LogP contribution is -1.99. The Bertz CT molecular complexity index is 676. The van der Waals surface area contributed by atoms with Gasteiger partial charge in [-0.25, -0.2) is 9.18 Å². The molecule has 0 saturated heterocycles. The number of aromatic nitrogens is 1. The summed E-state index contributed by atoms with van der Waals surface area (Å²) in [5, 5.41) is 9.73. The Morgan fingerprint density at radius 3 is 2.90 bits per heavy atom. The summed E-state index contributed by atoms with van der Waals surface area (Å²) < 4.78 is 15.8. The van der Waals surface area contributed by atoms with Crippen molar-refractivity contribution in [3.8, 4) is 0 Å². The first-order chi connectivity index (χ1) is 9.56. The van der Waals surface area contributed by atoms with Crippen LogP contribution in [0.2, 0.25) is 5.15 Å². The minimum absolute atomic E-state index is 0.351. The Hall–Kier alpha value is -1.81. The number of nitrogens with zero attached hydrogens (tertiary/aromatic N) is 1. The number of aryl methyl sites for hydroxylation is 1. The van der Waals surface area contributed by atoms with Crippen LogP contribution < -0.4 is 0 Å². The van der Waals surface area contributed by atoms with E-state index in [9.17, 15) is 9.18 Å². The standard InChI is InChI=1S/C15H15ClFNO2/c1-2-3-9-18-14-10(5-4-6-12(14)17)11(15(18)16)7-8-13(19)20/h4-8H,2-3,9H2,1H3,(H,19,20)/b8-7+. The molecular weight excluding hydrogens is 281 g/mol. The first kappa shape index (κ1) is 14.6. The number of carbonyl (C=O) groups is 1. The second-order valence-corrected chi connectivity index (χ2v) is 4.88. The van der Waals surface area contributed by atoms with Gasteiger partial charge in [-0.1, -0.05) is 37.1 Å². The minimum atomic E-state index is -1.06. The van der Waals surface area contributed by atoms with Crippen molar-refractivity contribution in [2.45, 2.75) is 26.3 Å². The number of benzene rings is 1. The molecule has 0 aliphatic rings. The van der Waals surface area contributed by atoms with E-state index in [2.05, 4.69) is 0 Å². The molecule has 0 spiro atoms. The molecule has 2 rings (SSSR count). The smallest absolute Gasteiger partial charge is 0.328 e. The fraction of sp³-hybridized carbons (Fsp3) is 0.267. The summed E-state index contributed by atoms with van der Waals surface area (Å²) in [6, 6.07) is 4.72. The molecule has 0 amide bonds. The Morgan fingerprint density at radius 2 is 2.25 bits per heavy atom. The molecule has 3 nitrogen and oxygen atoms in total. The van der Waals surface area contributed by atoms with Crippen LogP contribution in [-0.2, 0) is 11.3 Å². The third-order valence-corrected chi connectivity index (χ3v) is 3.54. The summed E-state index contributed by atoms with van der Waals surface area (Å²) in [5.74, 6) is -1.41. The van der Waals surface area contributed by atoms with Crippen LogP contribution in [0.4, 0.5) is 4.39 Å². The average Bonchev–Trinajstić information content (AvgIpc) is 2.67. The van der Waals surface area contributed by atoms with Crippen molar-refractivity contribution < 1.29 is 14.3 Å². The van der Waals surface area contributed by atoms with E-state index in [1.165, 1.54) is 12.1 Å². The second-order valence-electron chi connectivity index (χ2n) is 4.52. The summed E-state index contributed by atoms with van der Waals surface area (Å²) >= 11 is 6.30. The first-order valence-corrected chi connectivity index (χ1v) is 6.81. The number of para-hydroxylation sites is 1. The summed E-state index contributed by atoms with van der Waals surface area (Å²) in [6.45, 7) is 2.65. The topological polar surface area (TPSA) is 42.2 Å². The fourth-order valence-electron chi connectivity index (χ4n) is 2.20. The molecule has 0 unspecified atom stereocenters. The molecule has 2 aromatic rings. The lowest BCUT2D eigenvalue weighted by atomic mass is 10.1. The number of hydrogen-bond acceptors (Lipinski definition) is 1. The van der Waals surface area contributed by atoms with Gasteiger partial charge in [0.25, 0.3) is 0 Å². The maximum absolute atomic E-state index is 14.0. The second kappa shape index (κ2) is 6.09. The van der Waals surface area contributed by atoms with E-state index >= 15 is 0 Å². The monoisotopic (exact) mass is 295 g/mol. The molecule has 0 aliphatic heterocycles. The van der Waals surface area contributed by atoms with Crippen molar-refractivity contribution in [1.29, 1.82) is 0 Å². The molecule has 1 aromatic carbocycles. The van der Waals surface area contributed by atoms with E-state index in [1.54, 1.807) is 16.7 Å². The average molecular weight is 296 g/mol. The quantitative estimate of drug-likeness (QED) is 0.834. The van der Waals surface area contributed by atoms with Crippen LogP contribution in [0.3, 0.4) is 0 Å². The molecule has 1 aromatic heterocycles. The number of carboxylic acids is 1. The molecule has 0 atom stereocenters. The van der Waals surface area contributed by atoms with Gasteiger partial charge in [-0.3, -0.25) is 0 Å². The summed E-state index contributed by atoms with van der Waals surface area (Å²) in [4.78, 5) is 10.7. The third kappa shape index (κ3) is 2.70. The van der Waals surface area contributed by atoms with Crippen LogP contribution >= 0.6 is 11.6 Å². The Balaban J connectivity index is 2.66. The predicted molar refractivity (Wildman–Crippen MR) is 78.5 cm³/mol. The highest BCUT2D eigenvalue weighted by atomic mass is 35.5. The Labute approximate surface area is 121 Å². The number of halogens is 2. The summed E-state index contributed by atoms with van der Waals surface area (Å²) in [7, 11) is 0. The van der Waals surface area contributed by atoms with Gasteiger partial charge in [0, 0.05) is 23.6 Å². The number of aliphatic carboxylic acids is 1. The van der Waals surface area contributed by atoms with E-state index in [4.69, 9.17) is 16.7 Å². The van der Waals surface area contributed by atoms with Crippen LogP contribution in [0.5, 0.6) is 0 Å². The molecule has 5 heteroatoms. The molecule has 0 fully saturated rings. The van der Waals surface area contributed by atoms with Crippen LogP contribution in [0.25, 0.3) is 17.0 Å². The number of hydrogen-bond donors (Lipinski definition) is 1. The van der Waals surface area contributed by atoms with Crippen LogP contribution in [0.15, 0.2) is 24.3 Å². The van der Waals surface area contributed by atoms with Crippen LogP contribution in [0.1, 0.15) is 25.3 Å². The number of carboxylic acid groups (broad SMARTS) is 1. The Morgan fingerprint density at radius 1 is 1.50 bits per heavy atom. The van der Waals surface area contributed by atoms with Gasteiger partial charge in [-0.15, -0.1) is 0 Å². The summed E-state index contributed by atoms with van der Waals surface area (Å²) in [6.07, 6.45) is 4.26. The molecule has 0 saturated carbocycles. The van der Waals surface area contributed by atoms with E-state index in [0.29, 0.717) is 28.2 Å². The van der Waals surface area contributed by atoms with Gasteiger partial charge in [0.1, 0.15) is 11.0 Å². The normalized spacial score (nSPS) is 11.6. The molecule has 1 heterocycles. The van der Waals surface area contributed by atoms with Gasteiger partial charge >= 0.3 is 5.97 Å². The van der Waals surface area contributed by atoms with Gasteiger partial charge < -0.3 is 9.67 Å². The lowest BCUT2D eigenvalue weighted by Gasteiger charge is -2.06. The van der Waals surface area contributed by atoms with Crippen LogP contribution in [0, 0.1) is 5.82 Å². The van der Waals surface area contributed by atoms with Gasteiger partial charge in [-0.2, -0.15) is 0 Å². The van der Waals surface area contributed by atoms with Gasteiger partial charge in [-0.05, 0) is 18.6 Å². The predicted octanol–water partition coefficient (Wildman–Crippen LogP) is 4.33. The molecule has 20 heavy (non-hydrogen) atoms. The molecule has 1 N–H and O–H groups in total. The molecule has 0 bridgehead atoms. The van der Waals surface area contributed by atoms with Crippen molar-refractivity contribution in [1.82, 2.24) is 4.57 Å². The van der Waals surface area contributed by atoms with E-state index in [-0.39, 0.29) is 5.82 Å². The zero-order chi connectivity index (χ0) is 14.7. The van der Waals surface area contributed by atoms with Crippen molar-refractivity contribution in [2.24, 2.45) is 0 Å². The fourth-order valence-corrected chi connectivity index (χ4v) is 2.53. The van der Waals surface area contributed by atoms with Crippen molar-refractivity contribution in [2.75, 3.05) is 0 Å². The largest absolute Gasteiger partial charge is 0.478 e. The number of fused-ring (bicyclic) bond motifs is 1. The highest BCUT2D eigenvalue weighted by molar-refractivity contribution is 6.33. The van der Waals surface area contributed by atoms with Gasteiger partial charge in [0.2, 0.25) is 0 Å². The minimum Gasteiger partial charge on any atom is -0.478 e. The van der Waals surface area contributed by atoms with E-state index in [0.717, 1.165) is 18.9 Å². The van der Waals surface area contributed by atoms with E-state index < -0.39 is 5.97 Å². The first-order valence-electron chi connectivity index (χ1n) is 6.43. The highest BCUT2D eigenvalue weighted by Crippen LogP contribution is 2.33. The van der Waals surface area contributed by atoms with Gasteiger partial charge in [0.15, 0.2) is 0 Å².